The maximum absolute atomic E-state index is 13.7. The van der Waals surface area contributed by atoms with Gasteiger partial charge in [-0.1, -0.05) is 36.4 Å². The second kappa shape index (κ2) is 6.89. The molecule has 4 nitrogen and oxygen atoms in total. The van der Waals surface area contributed by atoms with Gasteiger partial charge in [0.15, 0.2) is 11.6 Å². The topological polar surface area (TPSA) is 46.6 Å². The van der Waals surface area contributed by atoms with E-state index >= 15 is 0 Å². The van der Waals surface area contributed by atoms with E-state index in [1.165, 1.54) is 30.6 Å². The fourth-order valence-corrected chi connectivity index (χ4v) is 3.24. The van der Waals surface area contributed by atoms with Crippen LogP contribution in [0.1, 0.15) is 11.1 Å². The number of benzene rings is 2. The van der Waals surface area contributed by atoms with Gasteiger partial charge in [-0.15, -0.1) is 0 Å². The molecule has 0 aliphatic carbocycles. The van der Waals surface area contributed by atoms with Crippen LogP contribution in [-0.2, 0) is 22.3 Å². The van der Waals surface area contributed by atoms with Crippen molar-refractivity contribution in [3.05, 3.63) is 65.5 Å². The molecule has 0 fully saturated rings. The van der Waals surface area contributed by atoms with Crippen LogP contribution in [0.15, 0.2) is 48.5 Å². The highest BCUT2D eigenvalue weighted by atomic mass is 32.2. The first-order valence-corrected chi connectivity index (χ1v) is 8.33. The highest BCUT2D eigenvalue weighted by Gasteiger charge is 2.19. The van der Waals surface area contributed by atoms with Gasteiger partial charge >= 0.3 is 0 Å². The van der Waals surface area contributed by atoms with Crippen molar-refractivity contribution in [1.82, 2.24) is 4.31 Å². The molecule has 0 radical (unpaired) electrons. The van der Waals surface area contributed by atoms with Gasteiger partial charge in [0.25, 0.3) is 0 Å². The minimum Gasteiger partial charge on any atom is -0.494 e. The van der Waals surface area contributed by atoms with E-state index in [4.69, 9.17) is 4.74 Å². The average molecular weight is 323 g/mol. The second-order valence-electron chi connectivity index (χ2n) is 4.97. The normalized spacial score (nSPS) is 11.6. The third-order valence-corrected chi connectivity index (χ3v) is 5.07. The van der Waals surface area contributed by atoms with E-state index in [9.17, 15) is 12.8 Å². The lowest BCUT2D eigenvalue weighted by atomic mass is 10.2. The van der Waals surface area contributed by atoms with Crippen LogP contribution >= 0.6 is 0 Å². The van der Waals surface area contributed by atoms with Crippen molar-refractivity contribution >= 4 is 10.0 Å². The van der Waals surface area contributed by atoms with Crippen LogP contribution in [0, 0.1) is 5.82 Å². The monoisotopic (exact) mass is 323 g/mol. The molecule has 0 heterocycles. The number of methoxy groups -OCH3 is 1. The summed E-state index contributed by atoms with van der Waals surface area (Å²) >= 11 is 0. The van der Waals surface area contributed by atoms with Crippen molar-refractivity contribution < 1.29 is 17.5 Å². The first kappa shape index (κ1) is 16.5. The van der Waals surface area contributed by atoms with Crippen molar-refractivity contribution in [3.63, 3.8) is 0 Å². The lowest BCUT2D eigenvalue weighted by molar-refractivity contribution is 0.385. The molecule has 22 heavy (non-hydrogen) atoms. The average Bonchev–Trinajstić information content (AvgIpc) is 2.48. The van der Waals surface area contributed by atoms with Crippen LogP contribution in [-0.4, -0.2) is 26.9 Å². The maximum Gasteiger partial charge on any atom is 0.218 e. The maximum atomic E-state index is 13.7. The Morgan fingerprint density at radius 1 is 1.09 bits per heavy atom. The lowest BCUT2D eigenvalue weighted by Crippen LogP contribution is -2.27. The van der Waals surface area contributed by atoms with E-state index in [-0.39, 0.29) is 18.0 Å². The molecule has 118 valence electrons. The molecule has 0 amide bonds. The quantitative estimate of drug-likeness (QED) is 0.821. The van der Waals surface area contributed by atoms with Crippen LogP contribution in [0.2, 0.25) is 0 Å². The van der Waals surface area contributed by atoms with Gasteiger partial charge in [-0.3, -0.25) is 0 Å². The summed E-state index contributed by atoms with van der Waals surface area (Å²) in [6.45, 7) is 0.107. The first-order valence-electron chi connectivity index (χ1n) is 6.73. The van der Waals surface area contributed by atoms with Gasteiger partial charge < -0.3 is 4.74 Å². The molecular weight excluding hydrogens is 305 g/mol. The number of sulfonamides is 1. The summed E-state index contributed by atoms with van der Waals surface area (Å²) in [6, 6.07) is 13.4. The largest absolute Gasteiger partial charge is 0.494 e. The van der Waals surface area contributed by atoms with Gasteiger partial charge in [-0.25, -0.2) is 17.1 Å². The SMILES string of the molecule is COc1ccc(CN(C)S(=O)(=O)Cc2ccccc2)cc1F. The summed E-state index contributed by atoms with van der Waals surface area (Å²) in [4.78, 5) is 0. The van der Waals surface area contributed by atoms with E-state index in [1.54, 1.807) is 30.3 Å². The van der Waals surface area contributed by atoms with Crippen molar-refractivity contribution in [3.8, 4) is 5.75 Å². The minimum atomic E-state index is -3.46. The second-order valence-corrected chi connectivity index (χ2v) is 7.04. The Kier molecular flexibility index (Phi) is 5.15. The Hall–Kier alpha value is -1.92. The van der Waals surface area contributed by atoms with E-state index in [2.05, 4.69) is 0 Å². The summed E-state index contributed by atoms with van der Waals surface area (Å²) < 4.78 is 44.4. The number of halogens is 1. The summed E-state index contributed by atoms with van der Waals surface area (Å²) in [5.41, 5.74) is 1.28. The van der Waals surface area contributed by atoms with Gasteiger partial charge in [-0.05, 0) is 23.3 Å². The Morgan fingerprint density at radius 2 is 1.77 bits per heavy atom. The molecule has 0 aliphatic heterocycles. The Balaban J connectivity index is 2.10. The van der Waals surface area contributed by atoms with Crippen molar-refractivity contribution in [2.24, 2.45) is 0 Å². The van der Waals surface area contributed by atoms with Gasteiger partial charge in [0.2, 0.25) is 10.0 Å². The van der Waals surface area contributed by atoms with Crippen LogP contribution in [0.5, 0.6) is 5.75 Å². The standard InChI is InChI=1S/C16H18FNO3S/c1-18(11-14-8-9-16(21-2)15(17)10-14)22(19,20)12-13-6-4-3-5-7-13/h3-10H,11-12H2,1-2H3. The number of hydrogen-bond donors (Lipinski definition) is 0. The van der Waals surface area contributed by atoms with Crippen LogP contribution < -0.4 is 4.74 Å². The van der Waals surface area contributed by atoms with Gasteiger partial charge in [0.1, 0.15) is 0 Å². The molecule has 0 N–H and O–H groups in total. The first-order chi connectivity index (χ1) is 10.4. The van der Waals surface area contributed by atoms with Crippen molar-refractivity contribution in [2.75, 3.05) is 14.2 Å². The fraction of sp³-hybridized carbons (Fsp3) is 0.250. The molecule has 6 heteroatoms. The summed E-state index contributed by atoms with van der Waals surface area (Å²) in [7, 11) is -0.590. The molecule has 2 aromatic carbocycles. The van der Waals surface area contributed by atoms with Crippen LogP contribution in [0.25, 0.3) is 0 Å². The molecule has 0 aliphatic rings. The summed E-state index contributed by atoms with van der Waals surface area (Å²) in [5, 5.41) is 0. The number of rotatable bonds is 6. The molecule has 0 atom stereocenters. The highest BCUT2D eigenvalue weighted by Crippen LogP contribution is 2.19. The molecule has 0 saturated carbocycles. The molecule has 0 saturated heterocycles. The van der Waals surface area contributed by atoms with Crippen LogP contribution in [0.3, 0.4) is 0 Å². The number of nitrogens with zero attached hydrogens (tertiary/aromatic N) is 1. The zero-order valence-electron chi connectivity index (χ0n) is 12.5. The van der Waals surface area contributed by atoms with E-state index in [0.717, 1.165) is 5.56 Å². The zero-order chi connectivity index (χ0) is 16.2. The molecule has 2 aromatic rings. The highest BCUT2D eigenvalue weighted by molar-refractivity contribution is 7.88. The minimum absolute atomic E-state index is 0.0804. The smallest absolute Gasteiger partial charge is 0.218 e. The van der Waals surface area contributed by atoms with Gasteiger partial charge in [0.05, 0.1) is 12.9 Å². The van der Waals surface area contributed by atoms with Crippen molar-refractivity contribution in [1.29, 1.82) is 0 Å². The van der Waals surface area contributed by atoms with E-state index in [1.807, 2.05) is 6.07 Å². The summed E-state index contributed by atoms with van der Waals surface area (Å²) in [6.07, 6.45) is 0. The van der Waals surface area contributed by atoms with Crippen LogP contribution in [0.4, 0.5) is 4.39 Å². The molecule has 2 rings (SSSR count). The number of hydrogen-bond acceptors (Lipinski definition) is 3. The molecule has 0 unspecified atom stereocenters. The third kappa shape index (κ3) is 4.05. The Bertz CT molecular complexity index is 732. The fourth-order valence-electron chi connectivity index (χ4n) is 2.06. The lowest BCUT2D eigenvalue weighted by Gasteiger charge is -2.17. The zero-order valence-corrected chi connectivity index (χ0v) is 13.3. The number of ether oxygens (including phenoxy) is 1. The predicted molar refractivity (Wildman–Crippen MR) is 83.5 cm³/mol. The third-order valence-electron chi connectivity index (χ3n) is 3.29. The van der Waals surface area contributed by atoms with E-state index < -0.39 is 15.8 Å². The Morgan fingerprint density at radius 3 is 2.36 bits per heavy atom. The molecule has 0 aromatic heterocycles. The Labute approximate surface area is 130 Å². The van der Waals surface area contributed by atoms with Gasteiger partial charge in [-0.2, -0.15) is 0 Å². The predicted octanol–water partition coefficient (Wildman–Crippen LogP) is 2.80. The van der Waals surface area contributed by atoms with Crippen molar-refractivity contribution in [2.45, 2.75) is 12.3 Å². The van der Waals surface area contributed by atoms with Gasteiger partial charge in [0, 0.05) is 13.6 Å². The summed E-state index contributed by atoms with van der Waals surface area (Å²) in [5.74, 6) is -0.449. The van der Waals surface area contributed by atoms with E-state index in [0.29, 0.717) is 5.56 Å². The molecule has 0 spiro atoms. The molecular formula is C16H18FNO3S. The molecule has 0 bridgehead atoms.